The van der Waals surface area contributed by atoms with Gasteiger partial charge in [-0.25, -0.2) is 18.1 Å². The van der Waals surface area contributed by atoms with E-state index in [1.54, 1.807) is 32.0 Å². The third-order valence-electron chi connectivity index (χ3n) is 4.34. The van der Waals surface area contributed by atoms with Gasteiger partial charge in [-0.05, 0) is 49.7 Å². The van der Waals surface area contributed by atoms with Gasteiger partial charge >= 0.3 is 0 Å². The highest BCUT2D eigenvalue weighted by Gasteiger charge is 2.17. The minimum Gasteiger partial charge on any atom is -0.439 e. The van der Waals surface area contributed by atoms with Gasteiger partial charge in [0.2, 0.25) is 15.9 Å². The molecule has 0 aliphatic carbocycles. The Labute approximate surface area is 176 Å². The lowest BCUT2D eigenvalue weighted by molar-refractivity contribution is 0.102. The van der Waals surface area contributed by atoms with Crippen LogP contribution in [0.15, 0.2) is 65.7 Å². The van der Waals surface area contributed by atoms with Crippen LogP contribution in [0.3, 0.4) is 0 Å². The van der Waals surface area contributed by atoms with Crippen molar-refractivity contribution in [1.82, 2.24) is 9.71 Å². The van der Waals surface area contributed by atoms with Gasteiger partial charge in [0.05, 0.1) is 16.8 Å². The van der Waals surface area contributed by atoms with Crippen molar-refractivity contribution in [3.8, 4) is 11.6 Å². The van der Waals surface area contributed by atoms with Crippen molar-refractivity contribution >= 4 is 21.6 Å². The summed E-state index contributed by atoms with van der Waals surface area (Å²) in [6.45, 7) is 5.70. The molecule has 1 amide bonds. The maximum atomic E-state index is 12.7. The Bertz CT molecular complexity index is 1140. The van der Waals surface area contributed by atoms with Crippen LogP contribution in [0.4, 0.5) is 5.69 Å². The van der Waals surface area contributed by atoms with Gasteiger partial charge in [-0.2, -0.15) is 0 Å². The molecule has 0 atom stereocenters. The zero-order valence-electron chi connectivity index (χ0n) is 17.0. The lowest BCUT2D eigenvalue weighted by Gasteiger charge is -2.11. The van der Waals surface area contributed by atoms with E-state index in [0.717, 1.165) is 5.56 Å². The summed E-state index contributed by atoms with van der Waals surface area (Å²) in [5.74, 6) is 0.640. The van der Waals surface area contributed by atoms with Gasteiger partial charge in [-0.15, -0.1) is 0 Å². The van der Waals surface area contributed by atoms with Crippen molar-refractivity contribution in [1.29, 1.82) is 0 Å². The molecule has 3 rings (SSSR count). The summed E-state index contributed by atoms with van der Waals surface area (Å²) < 4.78 is 32.5. The summed E-state index contributed by atoms with van der Waals surface area (Å²) in [7, 11) is -3.65. The van der Waals surface area contributed by atoms with Gasteiger partial charge in [-0.1, -0.05) is 30.7 Å². The van der Waals surface area contributed by atoms with Crippen LogP contribution in [0.5, 0.6) is 11.6 Å². The summed E-state index contributed by atoms with van der Waals surface area (Å²) in [6.07, 6.45) is 1.48. The zero-order valence-corrected chi connectivity index (χ0v) is 17.8. The number of anilines is 1. The molecule has 0 radical (unpaired) electrons. The third-order valence-corrected chi connectivity index (χ3v) is 5.88. The predicted octanol–water partition coefficient (Wildman–Crippen LogP) is 4.04. The molecule has 0 unspecified atom stereocenters. The number of ether oxygens (including phenoxy) is 1. The summed E-state index contributed by atoms with van der Waals surface area (Å²) in [5.41, 5.74) is 2.53. The van der Waals surface area contributed by atoms with Crippen LogP contribution < -0.4 is 14.8 Å². The van der Waals surface area contributed by atoms with Crippen molar-refractivity contribution in [2.24, 2.45) is 0 Å². The second-order valence-electron chi connectivity index (χ2n) is 6.73. The number of amides is 1. The van der Waals surface area contributed by atoms with E-state index >= 15 is 0 Å². The largest absolute Gasteiger partial charge is 0.439 e. The van der Waals surface area contributed by atoms with Crippen LogP contribution in [-0.2, 0) is 10.0 Å². The van der Waals surface area contributed by atoms with E-state index in [2.05, 4.69) is 15.0 Å². The van der Waals surface area contributed by atoms with Crippen molar-refractivity contribution < 1.29 is 17.9 Å². The minimum atomic E-state index is -3.65. The van der Waals surface area contributed by atoms with E-state index in [9.17, 15) is 13.2 Å². The fourth-order valence-electron chi connectivity index (χ4n) is 2.73. The molecule has 0 fully saturated rings. The van der Waals surface area contributed by atoms with Crippen molar-refractivity contribution in [3.05, 3.63) is 77.5 Å². The fraction of sp³-hybridized carbons (Fsp3) is 0.182. The Morgan fingerprint density at radius 1 is 1.03 bits per heavy atom. The number of rotatable bonds is 7. The maximum Gasteiger partial charge on any atom is 0.256 e. The average molecular weight is 426 g/mol. The SMILES string of the molecule is CCNS(=O)(=O)c1ccc(C)c(C(=O)Nc2ccc(Oc3ccc(C)cc3)nc2)c1. The Hall–Kier alpha value is -3.23. The number of carbonyl (C=O) groups excluding carboxylic acids is 1. The van der Waals surface area contributed by atoms with Crippen LogP contribution in [0.25, 0.3) is 0 Å². The number of hydrogen-bond acceptors (Lipinski definition) is 5. The first-order valence-corrected chi connectivity index (χ1v) is 10.9. The van der Waals surface area contributed by atoms with Gasteiger partial charge in [0.1, 0.15) is 5.75 Å². The van der Waals surface area contributed by atoms with E-state index in [0.29, 0.717) is 22.9 Å². The van der Waals surface area contributed by atoms with Crippen LogP contribution >= 0.6 is 0 Å². The molecule has 156 valence electrons. The molecule has 0 aliphatic rings. The quantitative estimate of drug-likeness (QED) is 0.595. The van der Waals surface area contributed by atoms with Gasteiger partial charge < -0.3 is 10.1 Å². The van der Waals surface area contributed by atoms with Crippen molar-refractivity contribution in [2.75, 3.05) is 11.9 Å². The van der Waals surface area contributed by atoms with Crippen molar-refractivity contribution in [2.45, 2.75) is 25.7 Å². The van der Waals surface area contributed by atoms with E-state index in [1.165, 1.54) is 18.3 Å². The number of hydrogen-bond donors (Lipinski definition) is 2. The number of pyridine rings is 1. The number of aromatic nitrogens is 1. The molecule has 8 heteroatoms. The number of sulfonamides is 1. The summed E-state index contributed by atoms with van der Waals surface area (Å²) >= 11 is 0. The molecule has 0 bridgehead atoms. The first-order valence-electron chi connectivity index (χ1n) is 9.41. The highest BCUT2D eigenvalue weighted by atomic mass is 32.2. The zero-order chi connectivity index (χ0) is 21.7. The molecule has 3 aromatic rings. The van der Waals surface area contributed by atoms with Gasteiger partial charge in [0.15, 0.2) is 0 Å². The van der Waals surface area contributed by atoms with Crippen LogP contribution in [0, 0.1) is 13.8 Å². The predicted molar refractivity (Wildman–Crippen MR) is 115 cm³/mol. The van der Waals surface area contributed by atoms with Crippen LogP contribution in [0.1, 0.15) is 28.4 Å². The molecule has 2 aromatic carbocycles. The van der Waals surface area contributed by atoms with E-state index in [4.69, 9.17) is 4.74 Å². The molecular formula is C22H23N3O4S. The lowest BCUT2D eigenvalue weighted by Crippen LogP contribution is -2.24. The number of nitrogens with one attached hydrogen (secondary N) is 2. The second-order valence-corrected chi connectivity index (χ2v) is 8.50. The van der Waals surface area contributed by atoms with Crippen molar-refractivity contribution in [3.63, 3.8) is 0 Å². The molecular weight excluding hydrogens is 402 g/mol. The number of aryl methyl sites for hydroxylation is 2. The number of carbonyl (C=O) groups is 1. The summed E-state index contributed by atoms with van der Waals surface area (Å²) in [4.78, 5) is 16.9. The van der Waals surface area contributed by atoms with E-state index < -0.39 is 15.9 Å². The molecule has 0 saturated heterocycles. The molecule has 30 heavy (non-hydrogen) atoms. The van der Waals surface area contributed by atoms with Gasteiger partial charge in [0, 0.05) is 18.2 Å². The standard InChI is InChI=1S/C22H23N3O4S/c1-4-24-30(27,28)19-11-7-16(3)20(13-19)22(26)25-17-8-12-21(23-14-17)29-18-9-5-15(2)6-10-18/h5-14,24H,4H2,1-3H3,(H,25,26). The van der Waals surface area contributed by atoms with E-state index in [1.807, 2.05) is 31.2 Å². The van der Waals surface area contributed by atoms with Crippen LogP contribution in [-0.4, -0.2) is 25.9 Å². The molecule has 7 nitrogen and oxygen atoms in total. The Kier molecular flexibility index (Phi) is 6.49. The highest BCUT2D eigenvalue weighted by Crippen LogP contribution is 2.22. The summed E-state index contributed by atoms with van der Waals surface area (Å²) in [5, 5.41) is 2.74. The van der Waals surface area contributed by atoms with Gasteiger partial charge in [0.25, 0.3) is 5.91 Å². The van der Waals surface area contributed by atoms with E-state index in [-0.39, 0.29) is 17.0 Å². The molecule has 0 aliphatic heterocycles. The Morgan fingerprint density at radius 2 is 1.77 bits per heavy atom. The fourth-order valence-corrected chi connectivity index (χ4v) is 3.79. The molecule has 1 aromatic heterocycles. The average Bonchev–Trinajstić information content (AvgIpc) is 2.71. The first-order chi connectivity index (χ1) is 14.3. The minimum absolute atomic E-state index is 0.0417. The molecule has 1 heterocycles. The monoisotopic (exact) mass is 425 g/mol. The molecule has 0 spiro atoms. The van der Waals surface area contributed by atoms with Crippen LogP contribution in [0.2, 0.25) is 0 Å². The highest BCUT2D eigenvalue weighted by molar-refractivity contribution is 7.89. The maximum absolute atomic E-state index is 12.7. The lowest BCUT2D eigenvalue weighted by atomic mass is 10.1. The Morgan fingerprint density at radius 3 is 2.40 bits per heavy atom. The van der Waals surface area contributed by atoms with Gasteiger partial charge in [-0.3, -0.25) is 4.79 Å². The topological polar surface area (TPSA) is 97.4 Å². The normalized spacial score (nSPS) is 11.2. The molecule has 0 saturated carbocycles. The smallest absolute Gasteiger partial charge is 0.256 e. The molecule has 2 N–H and O–H groups in total. The number of nitrogens with zero attached hydrogens (tertiary/aromatic N) is 1. The third kappa shape index (κ3) is 5.22. The second kappa shape index (κ2) is 9.06. The number of benzene rings is 2. The summed E-state index contributed by atoms with van der Waals surface area (Å²) in [6, 6.07) is 15.3. The first kappa shape index (κ1) is 21.5. The Balaban J connectivity index is 1.73.